The Balaban J connectivity index is 2.47. The van der Waals surface area contributed by atoms with Crippen LogP contribution < -0.4 is 11.2 Å². The number of aromatic nitrogens is 4. The molecule has 0 bridgehead atoms. The van der Waals surface area contributed by atoms with Crippen LogP contribution in [0.3, 0.4) is 0 Å². The molecule has 6 heteroatoms. The molecule has 3 rings (SSSR count). The fourth-order valence-corrected chi connectivity index (χ4v) is 2.77. The molecule has 2 aromatic heterocycles. The molecule has 0 atom stereocenters. The lowest BCUT2D eigenvalue weighted by Gasteiger charge is -2.08. The van der Waals surface area contributed by atoms with E-state index in [1.165, 1.54) is 4.57 Å². The molecule has 2 heterocycles. The second kappa shape index (κ2) is 5.29. The van der Waals surface area contributed by atoms with Crippen molar-refractivity contribution in [3.8, 4) is 11.4 Å². The highest BCUT2D eigenvalue weighted by Gasteiger charge is 2.19. The average Bonchev–Trinajstić information content (AvgIpc) is 2.87. The average molecular weight is 298 g/mol. The molecule has 0 aliphatic rings. The molecule has 0 aliphatic carbocycles. The minimum absolute atomic E-state index is 0.288. The van der Waals surface area contributed by atoms with Crippen molar-refractivity contribution in [3.05, 3.63) is 51.2 Å². The quantitative estimate of drug-likeness (QED) is 0.738. The maximum Gasteiger partial charge on any atom is 0.332 e. The van der Waals surface area contributed by atoms with Crippen molar-refractivity contribution >= 4 is 11.2 Å². The number of aryl methyl sites for hydroxylation is 2. The zero-order chi connectivity index (χ0) is 15.9. The Morgan fingerprint density at radius 1 is 1.00 bits per heavy atom. The van der Waals surface area contributed by atoms with Gasteiger partial charge in [-0.3, -0.25) is 13.9 Å². The van der Waals surface area contributed by atoms with Crippen molar-refractivity contribution < 1.29 is 0 Å². The summed E-state index contributed by atoms with van der Waals surface area (Å²) in [5.74, 6) is 0.683. The van der Waals surface area contributed by atoms with E-state index in [0.29, 0.717) is 30.1 Å². The van der Waals surface area contributed by atoms with Crippen molar-refractivity contribution in [1.29, 1.82) is 0 Å². The first kappa shape index (κ1) is 14.3. The summed E-state index contributed by atoms with van der Waals surface area (Å²) in [6.45, 7) is 4.49. The highest BCUT2D eigenvalue weighted by molar-refractivity contribution is 5.76. The van der Waals surface area contributed by atoms with Gasteiger partial charge in [0.2, 0.25) is 0 Å². The summed E-state index contributed by atoms with van der Waals surface area (Å²) < 4.78 is 4.57. The minimum Gasteiger partial charge on any atom is -0.321 e. The molecule has 22 heavy (non-hydrogen) atoms. The topological polar surface area (TPSA) is 61.8 Å². The molecule has 6 nitrogen and oxygen atoms in total. The Bertz CT molecular complexity index is 948. The molecule has 0 spiro atoms. The second-order valence-electron chi connectivity index (χ2n) is 5.11. The number of benzene rings is 1. The van der Waals surface area contributed by atoms with E-state index < -0.39 is 0 Å². The lowest BCUT2D eigenvalue weighted by molar-refractivity contribution is 0.604. The van der Waals surface area contributed by atoms with Gasteiger partial charge >= 0.3 is 5.69 Å². The molecule has 0 unspecified atom stereocenters. The molecular formula is C16H18N4O2. The molecular weight excluding hydrogens is 280 g/mol. The molecule has 0 aliphatic heterocycles. The normalized spacial score (nSPS) is 11.2. The van der Waals surface area contributed by atoms with E-state index in [-0.39, 0.29) is 11.2 Å². The minimum atomic E-state index is -0.305. The summed E-state index contributed by atoms with van der Waals surface area (Å²) in [6.07, 6.45) is 0. The van der Waals surface area contributed by atoms with Gasteiger partial charge in [0, 0.05) is 25.7 Å². The number of nitrogens with zero attached hydrogens (tertiary/aromatic N) is 4. The Kier molecular flexibility index (Phi) is 3.44. The van der Waals surface area contributed by atoms with E-state index in [9.17, 15) is 9.59 Å². The third-order valence-corrected chi connectivity index (χ3v) is 3.91. The van der Waals surface area contributed by atoms with Crippen LogP contribution in [0.4, 0.5) is 0 Å². The van der Waals surface area contributed by atoms with E-state index in [4.69, 9.17) is 0 Å². The Labute approximate surface area is 127 Å². The van der Waals surface area contributed by atoms with E-state index >= 15 is 0 Å². The van der Waals surface area contributed by atoms with Crippen LogP contribution in [-0.4, -0.2) is 18.7 Å². The fraction of sp³-hybridized carbons (Fsp3) is 0.312. The van der Waals surface area contributed by atoms with E-state index in [2.05, 4.69) is 4.98 Å². The molecule has 0 radical (unpaired) electrons. The van der Waals surface area contributed by atoms with Gasteiger partial charge in [-0.2, -0.15) is 0 Å². The standard InChI is InChI=1S/C16H18N4O2/c1-4-19-14-12(15(21)20(5-2)16(19)22)18(3)13(17-14)11-9-7-6-8-10-11/h6-10H,4-5H2,1-3H3. The summed E-state index contributed by atoms with van der Waals surface area (Å²) in [4.78, 5) is 29.6. The van der Waals surface area contributed by atoms with E-state index in [0.717, 1.165) is 5.56 Å². The summed E-state index contributed by atoms with van der Waals surface area (Å²) in [6, 6.07) is 9.65. The third kappa shape index (κ3) is 1.91. The molecule has 3 aromatic rings. The SMILES string of the molecule is CCn1c(=O)c2c(nc(-c3ccccc3)n2C)n(CC)c1=O. The molecule has 0 saturated heterocycles. The molecule has 114 valence electrons. The van der Waals surface area contributed by atoms with Gasteiger partial charge in [-0.1, -0.05) is 30.3 Å². The van der Waals surface area contributed by atoms with Crippen LogP contribution in [0.5, 0.6) is 0 Å². The van der Waals surface area contributed by atoms with Crippen LogP contribution in [0.2, 0.25) is 0 Å². The highest BCUT2D eigenvalue weighted by atomic mass is 16.2. The maximum atomic E-state index is 12.6. The smallest absolute Gasteiger partial charge is 0.321 e. The number of hydrogen-bond donors (Lipinski definition) is 0. The number of fused-ring (bicyclic) bond motifs is 1. The molecule has 0 N–H and O–H groups in total. The first-order chi connectivity index (χ1) is 10.6. The van der Waals surface area contributed by atoms with E-state index in [1.54, 1.807) is 16.1 Å². The summed E-state index contributed by atoms with van der Waals surface area (Å²) in [7, 11) is 1.81. The maximum absolute atomic E-state index is 12.6. The predicted molar refractivity (Wildman–Crippen MR) is 86.0 cm³/mol. The van der Waals surface area contributed by atoms with Gasteiger partial charge < -0.3 is 4.57 Å². The molecule has 0 saturated carbocycles. The number of rotatable bonds is 3. The van der Waals surface area contributed by atoms with E-state index in [1.807, 2.05) is 44.3 Å². The predicted octanol–water partition coefficient (Wildman–Crippen LogP) is 1.60. The van der Waals surface area contributed by atoms with Gasteiger partial charge in [-0.25, -0.2) is 9.78 Å². The first-order valence-electron chi connectivity index (χ1n) is 7.35. The third-order valence-electron chi connectivity index (χ3n) is 3.91. The number of hydrogen-bond acceptors (Lipinski definition) is 3. The zero-order valence-electron chi connectivity index (χ0n) is 12.9. The highest BCUT2D eigenvalue weighted by Crippen LogP contribution is 2.20. The monoisotopic (exact) mass is 298 g/mol. The van der Waals surface area contributed by atoms with Crippen LogP contribution in [0.15, 0.2) is 39.9 Å². The van der Waals surface area contributed by atoms with Gasteiger partial charge in [0.15, 0.2) is 11.2 Å². The van der Waals surface area contributed by atoms with Gasteiger partial charge in [0.05, 0.1) is 0 Å². The Morgan fingerprint density at radius 3 is 2.23 bits per heavy atom. The van der Waals surface area contributed by atoms with Gasteiger partial charge in [-0.05, 0) is 13.8 Å². The summed E-state index contributed by atoms with van der Waals surface area (Å²) >= 11 is 0. The molecule has 0 amide bonds. The van der Waals surface area contributed by atoms with Crippen LogP contribution >= 0.6 is 0 Å². The Morgan fingerprint density at radius 2 is 1.64 bits per heavy atom. The van der Waals surface area contributed by atoms with Gasteiger partial charge in [0.25, 0.3) is 5.56 Å². The van der Waals surface area contributed by atoms with Gasteiger partial charge in [0.1, 0.15) is 5.82 Å². The zero-order valence-corrected chi connectivity index (χ0v) is 12.9. The largest absolute Gasteiger partial charge is 0.332 e. The van der Waals surface area contributed by atoms with Gasteiger partial charge in [-0.15, -0.1) is 0 Å². The van der Waals surface area contributed by atoms with Crippen molar-refractivity contribution in [2.75, 3.05) is 0 Å². The van der Waals surface area contributed by atoms with Crippen molar-refractivity contribution in [3.63, 3.8) is 0 Å². The van der Waals surface area contributed by atoms with Crippen LogP contribution in [-0.2, 0) is 20.1 Å². The van der Waals surface area contributed by atoms with Crippen LogP contribution in [0.25, 0.3) is 22.6 Å². The molecule has 0 fully saturated rings. The first-order valence-corrected chi connectivity index (χ1v) is 7.35. The Hall–Kier alpha value is -2.63. The lowest BCUT2D eigenvalue weighted by Crippen LogP contribution is -2.39. The fourth-order valence-electron chi connectivity index (χ4n) is 2.77. The lowest BCUT2D eigenvalue weighted by atomic mass is 10.2. The van der Waals surface area contributed by atoms with Crippen molar-refractivity contribution in [2.45, 2.75) is 26.9 Å². The van der Waals surface area contributed by atoms with Crippen LogP contribution in [0, 0.1) is 0 Å². The number of imidazole rings is 1. The van der Waals surface area contributed by atoms with Crippen molar-refractivity contribution in [2.24, 2.45) is 7.05 Å². The summed E-state index contributed by atoms with van der Waals surface area (Å²) in [5, 5.41) is 0. The second-order valence-corrected chi connectivity index (χ2v) is 5.11. The summed E-state index contributed by atoms with van der Waals surface area (Å²) in [5.41, 5.74) is 1.23. The molecule has 1 aromatic carbocycles. The van der Waals surface area contributed by atoms with Crippen LogP contribution in [0.1, 0.15) is 13.8 Å². The van der Waals surface area contributed by atoms with Crippen molar-refractivity contribution in [1.82, 2.24) is 18.7 Å².